The molecular formula is C14H19N3O. The van der Waals surface area contributed by atoms with Crippen LogP contribution in [0.15, 0.2) is 18.2 Å². The Kier molecular flexibility index (Phi) is 3.22. The van der Waals surface area contributed by atoms with Gasteiger partial charge in [-0.1, -0.05) is 0 Å². The fraction of sp³-hybridized carbons (Fsp3) is 0.429. The molecule has 0 bridgehead atoms. The highest BCUT2D eigenvalue weighted by Gasteiger charge is 2.15. The van der Waals surface area contributed by atoms with Gasteiger partial charge in [0.2, 0.25) is 0 Å². The van der Waals surface area contributed by atoms with Crippen LogP contribution in [-0.4, -0.2) is 21.4 Å². The summed E-state index contributed by atoms with van der Waals surface area (Å²) in [5.41, 5.74) is 8.16. The molecule has 0 radical (unpaired) electrons. The Morgan fingerprint density at radius 2 is 2.00 bits per heavy atom. The van der Waals surface area contributed by atoms with Gasteiger partial charge < -0.3 is 10.3 Å². The highest BCUT2D eigenvalue weighted by Crippen LogP contribution is 2.22. The van der Waals surface area contributed by atoms with E-state index >= 15 is 0 Å². The molecule has 0 saturated heterocycles. The second-order valence-corrected chi connectivity index (χ2v) is 4.98. The van der Waals surface area contributed by atoms with E-state index in [1.807, 2.05) is 25.1 Å². The van der Waals surface area contributed by atoms with E-state index in [0.717, 1.165) is 16.9 Å². The Bertz CT molecular complexity index is 596. The third-order valence-electron chi connectivity index (χ3n) is 3.08. The number of imidazole rings is 1. The number of rotatable bonds is 3. The first-order chi connectivity index (χ1) is 8.41. The summed E-state index contributed by atoms with van der Waals surface area (Å²) in [5.74, 6) is 0.916. The maximum Gasteiger partial charge on any atom is 0.179 e. The molecule has 2 aromatic rings. The molecule has 0 aliphatic heterocycles. The Morgan fingerprint density at radius 3 is 2.56 bits per heavy atom. The van der Waals surface area contributed by atoms with Gasteiger partial charge in [0, 0.05) is 11.6 Å². The van der Waals surface area contributed by atoms with Crippen LogP contribution in [0, 0.1) is 6.92 Å². The molecule has 1 aromatic heterocycles. The topological polar surface area (TPSA) is 60.9 Å². The zero-order valence-corrected chi connectivity index (χ0v) is 11.3. The molecule has 0 amide bonds. The molecule has 1 aromatic carbocycles. The van der Waals surface area contributed by atoms with Crippen LogP contribution in [0.25, 0.3) is 11.0 Å². The zero-order chi connectivity index (χ0) is 13.4. The van der Waals surface area contributed by atoms with Crippen molar-refractivity contribution in [1.82, 2.24) is 9.55 Å². The molecule has 4 nitrogen and oxygen atoms in total. The molecule has 1 heterocycles. The van der Waals surface area contributed by atoms with Gasteiger partial charge in [0.05, 0.1) is 17.1 Å². The molecule has 0 fully saturated rings. The van der Waals surface area contributed by atoms with Gasteiger partial charge >= 0.3 is 0 Å². The fourth-order valence-electron chi connectivity index (χ4n) is 2.29. The number of hydrogen-bond acceptors (Lipinski definition) is 3. The number of fused-ring (bicyclic) bond motifs is 1. The van der Waals surface area contributed by atoms with E-state index in [9.17, 15) is 4.79 Å². The number of nitrogens with zero attached hydrogens (tertiary/aromatic N) is 2. The van der Waals surface area contributed by atoms with Gasteiger partial charge in [0.15, 0.2) is 5.78 Å². The third kappa shape index (κ3) is 2.04. The molecule has 18 heavy (non-hydrogen) atoms. The molecule has 96 valence electrons. The number of aromatic nitrogens is 2. The number of ketones is 1. The Morgan fingerprint density at radius 1 is 1.33 bits per heavy atom. The van der Waals surface area contributed by atoms with Crippen molar-refractivity contribution in [1.29, 1.82) is 0 Å². The molecule has 0 aliphatic rings. The lowest BCUT2D eigenvalue weighted by Gasteiger charge is -2.11. The number of carbonyl (C=O) groups excluding carboxylic acids is 1. The van der Waals surface area contributed by atoms with Crippen LogP contribution in [0.3, 0.4) is 0 Å². The van der Waals surface area contributed by atoms with Crippen molar-refractivity contribution in [2.75, 3.05) is 0 Å². The number of carbonyl (C=O) groups is 1. The Balaban J connectivity index is 2.58. The van der Waals surface area contributed by atoms with Crippen LogP contribution in [0.5, 0.6) is 0 Å². The largest absolute Gasteiger partial charge is 0.326 e. The maximum atomic E-state index is 11.9. The van der Waals surface area contributed by atoms with E-state index in [1.54, 1.807) is 6.92 Å². The van der Waals surface area contributed by atoms with E-state index in [0.29, 0.717) is 11.6 Å². The smallest absolute Gasteiger partial charge is 0.179 e. The maximum absolute atomic E-state index is 11.9. The first-order valence-corrected chi connectivity index (χ1v) is 6.20. The minimum Gasteiger partial charge on any atom is -0.326 e. The molecule has 1 atom stereocenters. The summed E-state index contributed by atoms with van der Waals surface area (Å²) in [6, 6.07) is 5.48. The van der Waals surface area contributed by atoms with Crippen molar-refractivity contribution in [2.24, 2.45) is 5.73 Å². The lowest BCUT2D eigenvalue weighted by molar-refractivity contribution is 0.0968. The van der Waals surface area contributed by atoms with Gasteiger partial charge in [-0.3, -0.25) is 4.79 Å². The number of aryl methyl sites for hydroxylation is 1. The summed E-state index contributed by atoms with van der Waals surface area (Å²) < 4.78 is 2.16. The number of nitrogens with two attached hydrogens (primary N) is 1. The van der Waals surface area contributed by atoms with Crippen molar-refractivity contribution in [2.45, 2.75) is 39.8 Å². The number of benzene rings is 1. The van der Waals surface area contributed by atoms with Crippen LogP contribution in [0.2, 0.25) is 0 Å². The van der Waals surface area contributed by atoms with Crippen molar-refractivity contribution < 1.29 is 4.79 Å². The quantitative estimate of drug-likeness (QED) is 0.845. The summed E-state index contributed by atoms with van der Waals surface area (Å²) in [6.07, 6.45) is 0. The number of Topliss-reactive ketones (excluding diaryl/α,β-unsaturated/α-hetero) is 1. The first-order valence-electron chi connectivity index (χ1n) is 6.20. The van der Waals surface area contributed by atoms with Gasteiger partial charge in [-0.05, 0) is 45.9 Å². The molecule has 2 rings (SSSR count). The highest BCUT2D eigenvalue weighted by molar-refractivity contribution is 6.02. The number of hydrogen-bond donors (Lipinski definition) is 1. The molecule has 0 spiro atoms. The highest BCUT2D eigenvalue weighted by atomic mass is 16.1. The Hall–Kier alpha value is -1.68. The second-order valence-electron chi connectivity index (χ2n) is 4.98. The second kappa shape index (κ2) is 4.53. The van der Waals surface area contributed by atoms with Gasteiger partial charge in [0.25, 0.3) is 0 Å². The van der Waals surface area contributed by atoms with Crippen LogP contribution in [0.1, 0.15) is 43.0 Å². The normalized spacial score (nSPS) is 13.2. The minimum atomic E-state index is -0.476. The average Bonchev–Trinajstić information content (AvgIpc) is 2.62. The van der Waals surface area contributed by atoms with Crippen molar-refractivity contribution in [3.05, 3.63) is 29.6 Å². The molecule has 4 heteroatoms. The van der Waals surface area contributed by atoms with Crippen molar-refractivity contribution in [3.63, 3.8) is 0 Å². The summed E-state index contributed by atoms with van der Waals surface area (Å²) in [4.78, 5) is 16.4. The van der Waals surface area contributed by atoms with Gasteiger partial charge in [0.1, 0.15) is 5.82 Å². The van der Waals surface area contributed by atoms with E-state index in [2.05, 4.69) is 23.4 Å². The lowest BCUT2D eigenvalue weighted by atomic mass is 10.1. The SMILES string of the molecule is Cc1nc2cc(C(=O)C(C)N)ccc2n1C(C)C. The van der Waals surface area contributed by atoms with Gasteiger partial charge in [-0.2, -0.15) is 0 Å². The van der Waals surface area contributed by atoms with Crippen LogP contribution < -0.4 is 5.73 Å². The van der Waals surface area contributed by atoms with E-state index in [1.165, 1.54) is 0 Å². The molecule has 2 N–H and O–H groups in total. The van der Waals surface area contributed by atoms with Crippen molar-refractivity contribution >= 4 is 16.8 Å². The van der Waals surface area contributed by atoms with Crippen LogP contribution >= 0.6 is 0 Å². The summed E-state index contributed by atoms with van der Waals surface area (Å²) >= 11 is 0. The summed E-state index contributed by atoms with van der Waals surface area (Å²) in [5, 5.41) is 0. The Labute approximate surface area is 107 Å². The average molecular weight is 245 g/mol. The standard InChI is InChI=1S/C14H19N3O/c1-8(2)17-10(4)16-12-7-11(5-6-13(12)17)14(18)9(3)15/h5-9H,15H2,1-4H3. The molecular weight excluding hydrogens is 226 g/mol. The minimum absolute atomic E-state index is 0.0475. The first kappa shape index (κ1) is 12.8. The van der Waals surface area contributed by atoms with Crippen LogP contribution in [-0.2, 0) is 0 Å². The molecule has 0 saturated carbocycles. The van der Waals surface area contributed by atoms with Crippen LogP contribution in [0.4, 0.5) is 0 Å². The van der Waals surface area contributed by atoms with Gasteiger partial charge in [-0.25, -0.2) is 4.98 Å². The predicted molar refractivity (Wildman–Crippen MR) is 72.8 cm³/mol. The van der Waals surface area contributed by atoms with Gasteiger partial charge in [-0.15, -0.1) is 0 Å². The summed E-state index contributed by atoms with van der Waals surface area (Å²) in [7, 11) is 0. The monoisotopic (exact) mass is 245 g/mol. The zero-order valence-electron chi connectivity index (χ0n) is 11.3. The predicted octanol–water partition coefficient (Wildman–Crippen LogP) is 2.46. The third-order valence-corrected chi connectivity index (χ3v) is 3.08. The summed E-state index contributed by atoms with van der Waals surface area (Å²) in [6.45, 7) is 7.92. The lowest BCUT2D eigenvalue weighted by Crippen LogP contribution is -2.26. The van der Waals surface area contributed by atoms with Crippen molar-refractivity contribution in [3.8, 4) is 0 Å². The van der Waals surface area contributed by atoms with E-state index in [4.69, 9.17) is 5.73 Å². The molecule has 0 aliphatic carbocycles. The van der Waals surface area contributed by atoms with E-state index < -0.39 is 6.04 Å². The fourth-order valence-corrected chi connectivity index (χ4v) is 2.29. The molecule has 1 unspecified atom stereocenters. The van der Waals surface area contributed by atoms with E-state index in [-0.39, 0.29) is 5.78 Å².